The molecule has 1 N–H and O–H groups in total. The van der Waals surface area contributed by atoms with Crippen molar-refractivity contribution in [3.05, 3.63) is 59.4 Å². The summed E-state index contributed by atoms with van der Waals surface area (Å²) in [6.45, 7) is 7.00. The molecule has 1 unspecified atom stereocenters. The third-order valence-corrected chi connectivity index (χ3v) is 3.46. The molecule has 0 fully saturated rings. The summed E-state index contributed by atoms with van der Waals surface area (Å²) in [5.74, 6) is 0.602. The summed E-state index contributed by atoms with van der Waals surface area (Å²) in [6.07, 6.45) is 1.11. The second-order valence-corrected chi connectivity index (χ2v) is 5.23. The van der Waals surface area contributed by atoms with E-state index in [9.17, 15) is 4.39 Å². The van der Waals surface area contributed by atoms with Gasteiger partial charge in [-0.05, 0) is 56.1 Å². The van der Waals surface area contributed by atoms with Crippen molar-refractivity contribution in [1.29, 1.82) is 0 Å². The highest BCUT2D eigenvalue weighted by Gasteiger charge is 2.08. The zero-order valence-electron chi connectivity index (χ0n) is 12.8. The minimum atomic E-state index is -0.306. The van der Waals surface area contributed by atoms with Gasteiger partial charge in [0.15, 0.2) is 11.6 Å². The Bertz CT molecular complexity index is 580. The monoisotopic (exact) mass is 287 g/mol. The minimum absolute atomic E-state index is 0.264. The molecule has 0 heterocycles. The maximum absolute atomic E-state index is 13.9. The van der Waals surface area contributed by atoms with Crippen molar-refractivity contribution >= 4 is 0 Å². The van der Waals surface area contributed by atoms with Gasteiger partial charge in [0.1, 0.15) is 5.75 Å². The zero-order valence-corrected chi connectivity index (χ0v) is 12.8. The van der Waals surface area contributed by atoms with Gasteiger partial charge in [-0.25, -0.2) is 4.39 Å². The Kier molecular flexibility index (Phi) is 5.34. The molecule has 0 aliphatic rings. The first kappa shape index (κ1) is 15.5. The molecular weight excluding hydrogens is 265 g/mol. The lowest BCUT2D eigenvalue weighted by Gasteiger charge is -2.14. The Balaban J connectivity index is 2.07. The molecule has 2 aromatic rings. The summed E-state index contributed by atoms with van der Waals surface area (Å²) in [6, 6.07) is 13.2. The molecule has 0 bridgehead atoms. The van der Waals surface area contributed by atoms with Crippen molar-refractivity contribution in [2.45, 2.75) is 33.2 Å². The molecule has 0 aromatic heterocycles. The molecule has 3 heteroatoms. The fourth-order valence-electron chi connectivity index (χ4n) is 2.13. The molecule has 0 radical (unpaired) electrons. The number of ether oxygens (including phenoxy) is 1. The van der Waals surface area contributed by atoms with Crippen LogP contribution in [0.15, 0.2) is 42.5 Å². The number of hydrogen-bond acceptors (Lipinski definition) is 2. The standard InChI is InChI=1S/C18H22FNO/c1-4-12-20-14(3)15-8-10-16(11-9-15)21-17-7-5-6-13(2)18(17)19/h5-11,14,20H,4,12H2,1-3H3. The first-order chi connectivity index (χ1) is 10.1. The third-order valence-electron chi connectivity index (χ3n) is 3.46. The predicted molar refractivity (Wildman–Crippen MR) is 84.4 cm³/mol. The topological polar surface area (TPSA) is 21.3 Å². The Morgan fingerprint density at radius 1 is 1.14 bits per heavy atom. The number of rotatable bonds is 6. The van der Waals surface area contributed by atoms with Crippen molar-refractivity contribution in [2.24, 2.45) is 0 Å². The number of aryl methyl sites for hydroxylation is 1. The maximum Gasteiger partial charge on any atom is 0.168 e. The molecule has 0 spiro atoms. The summed E-state index contributed by atoms with van der Waals surface area (Å²) in [4.78, 5) is 0. The Morgan fingerprint density at radius 3 is 2.52 bits per heavy atom. The molecule has 0 aliphatic heterocycles. The highest BCUT2D eigenvalue weighted by molar-refractivity contribution is 5.36. The fourth-order valence-corrected chi connectivity index (χ4v) is 2.13. The van der Waals surface area contributed by atoms with Crippen molar-refractivity contribution in [3.8, 4) is 11.5 Å². The summed E-state index contributed by atoms with van der Waals surface area (Å²) < 4.78 is 19.5. The van der Waals surface area contributed by atoms with E-state index in [4.69, 9.17) is 4.74 Å². The van der Waals surface area contributed by atoms with Crippen LogP contribution in [0.3, 0.4) is 0 Å². The van der Waals surface area contributed by atoms with E-state index in [1.165, 1.54) is 5.56 Å². The largest absolute Gasteiger partial charge is 0.454 e. The molecule has 0 saturated heterocycles. The van der Waals surface area contributed by atoms with E-state index in [1.807, 2.05) is 24.3 Å². The molecule has 0 aliphatic carbocycles. The molecule has 21 heavy (non-hydrogen) atoms. The Labute approximate surface area is 126 Å². The van der Waals surface area contributed by atoms with E-state index < -0.39 is 0 Å². The van der Waals surface area contributed by atoms with E-state index in [2.05, 4.69) is 19.2 Å². The number of nitrogens with one attached hydrogen (secondary N) is 1. The van der Waals surface area contributed by atoms with E-state index >= 15 is 0 Å². The summed E-state index contributed by atoms with van der Waals surface area (Å²) in [5.41, 5.74) is 1.78. The van der Waals surface area contributed by atoms with Gasteiger partial charge in [-0.1, -0.05) is 31.2 Å². The van der Waals surface area contributed by atoms with Crippen molar-refractivity contribution in [2.75, 3.05) is 6.54 Å². The molecule has 0 amide bonds. The van der Waals surface area contributed by atoms with Crippen LogP contribution < -0.4 is 10.1 Å². The average molecular weight is 287 g/mol. The summed E-state index contributed by atoms with van der Waals surface area (Å²) in [5, 5.41) is 3.43. The van der Waals surface area contributed by atoms with Crippen LogP contribution in [0.5, 0.6) is 11.5 Å². The van der Waals surface area contributed by atoms with Crippen LogP contribution in [0, 0.1) is 12.7 Å². The predicted octanol–water partition coefficient (Wildman–Crippen LogP) is 4.99. The van der Waals surface area contributed by atoms with E-state index in [0.29, 0.717) is 17.4 Å². The molecule has 2 aromatic carbocycles. The molecule has 2 rings (SSSR count). The smallest absolute Gasteiger partial charge is 0.168 e. The van der Waals surface area contributed by atoms with Gasteiger partial charge in [0.25, 0.3) is 0 Å². The maximum atomic E-state index is 13.9. The van der Waals surface area contributed by atoms with E-state index in [0.717, 1.165) is 13.0 Å². The van der Waals surface area contributed by atoms with Gasteiger partial charge in [-0.3, -0.25) is 0 Å². The molecule has 2 nitrogen and oxygen atoms in total. The minimum Gasteiger partial charge on any atom is -0.454 e. The highest BCUT2D eigenvalue weighted by atomic mass is 19.1. The second-order valence-electron chi connectivity index (χ2n) is 5.23. The SMILES string of the molecule is CCCNC(C)c1ccc(Oc2cccc(C)c2F)cc1. The average Bonchev–Trinajstić information content (AvgIpc) is 2.50. The lowest BCUT2D eigenvalue weighted by molar-refractivity contribution is 0.439. The first-order valence-corrected chi connectivity index (χ1v) is 7.38. The van der Waals surface area contributed by atoms with Gasteiger partial charge >= 0.3 is 0 Å². The van der Waals surface area contributed by atoms with Crippen LogP contribution >= 0.6 is 0 Å². The normalized spacial score (nSPS) is 12.2. The van der Waals surface area contributed by atoms with E-state index in [-0.39, 0.29) is 11.6 Å². The van der Waals surface area contributed by atoms with Gasteiger partial charge in [-0.2, -0.15) is 0 Å². The van der Waals surface area contributed by atoms with Crippen molar-refractivity contribution < 1.29 is 9.13 Å². The lowest BCUT2D eigenvalue weighted by Crippen LogP contribution is -2.19. The van der Waals surface area contributed by atoms with Gasteiger partial charge in [0, 0.05) is 6.04 Å². The summed E-state index contributed by atoms with van der Waals surface area (Å²) >= 11 is 0. The Hall–Kier alpha value is -1.87. The number of halogens is 1. The van der Waals surface area contributed by atoms with Crippen LogP contribution in [0.1, 0.15) is 37.4 Å². The van der Waals surface area contributed by atoms with Gasteiger partial charge < -0.3 is 10.1 Å². The molecule has 112 valence electrons. The van der Waals surface area contributed by atoms with Crippen molar-refractivity contribution in [1.82, 2.24) is 5.32 Å². The first-order valence-electron chi connectivity index (χ1n) is 7.38. The quantitative estimate of drug-likeness (QED) is 0.808. The molecular formula is C18H22FNO. The number of benzene rings is 2. The lowest BCUT2D eigenvalue weighted by atomic mass is 10.1. The van der Waals surface area contributed by atoms with Gasteiger partial charge in [-0.15, -0.1) is 0 Å². The van der Waals surface area contributed by atoms with Crippen LogP contribution in [0.2, 0.25) is 0 Å². The zero-order chi connectivity index (χ0) is 15.2. The highest BCUT2D eigenvalue weighted by Crippen LogP contribution is 2.27. The summed E-state index contributed by atoms with van der Waals surface area (Å²) in [7, 11) is 0. The van der Waals surface area contributed by atoms with E-state index in [1.54, 1.807) is 25.1 Å². The van der Waals surface area contributed by atoms with Crippen molar-refractivity contribution in [3.63, 3.8) is 0 Å². The third kappa shape index (κ3) is 4.05. The molecule has 1 atom stereocenters. The Morgan fingerprint density at radius 2 is 1.86 bits per heavy atom. The van der Waals surface area contributed by atoms with Gasteiger partial charge in [0.2, 0.25) is 0 Å². The fraction of sp³-hybridized carbons (Fsp3) is 0.333. The van der Waals surface area contributed by atoms with Crippen LogP contribution in [0.25, 0.3) is 0 Å². The van der Waals surface area contributed by atoms with Crippen LogP contribution in [-0.4, -0.2) is 6.54 Å². The van der Waals surface area contributed by atoms with Crippen LogP contribution in [0.4, 0.5) is 4.39 Å². The molecule has 0 saturated carbocycles. The van der Waals surface area contributed by atoms with Crippen LogP contribution in [-0.2, 0) is 0 Å². The number of hydrogen-bond donors (Lipinski definition) is 1. The van der Waals surface area contributed by atoms with Gasteiger partial charge in [0.05, 0.1) is 0 Å². The second kappa shape index (κ2) is 7.23.